The minimum absolute atomic E-state index is 0.448. The molecule has 0 aromatic carbocycles. The van der Waals surface area contributed by atoms with Gasteiger partial charge in [-0.15, -0.1) is 11.3 Å². The van der Waals surface area contributed by atoms with Gasteiger partial charge < -0.3 is 5.73 Å². The van der Waals surface area contributed by atoms with Gasteiger partial charge in [0.1, 0.15) is 6.67 Å². The van der Waals surface area contributed by atoms with Crippen LogP contribution >= 0.6 is 27.3 Å². The van der Waals surface area contributed by atoms with E-state index in [1.165, 1.54) is 11.3 Å². The highest BCUT2D eigenvalue weighted by Crippen LogP contribution is 2.26. The fourth-order valence-corrected chi connectivity index (χ4v) is 2.01. The van der Waals surface area contributed by atoms with Crippen molar-refractivity contribution in [3.63, 3.8) is 0 Å². The van der Waals surface area contributed by atoms with E-state index in [0.717, 1.165) is 8.66 Å². The Morgan fingerprint density at radius 1 is 1.70 bits per heavy atom. The minimum atomic E-state index is -0.493. The number of hydrogen-bond acceptors (Lipinski definition) is 2. The third-order valence-electron chi connectivity index (χ3n) is 1.13. The molecule has 2 N–H and O–H groups in total. The summed E-state index contributed by atoms with van der Waals surface area (Å²) in [7, 11) is 0. The highest BCUT2D eigenvalue weighted by atomic mass is 79.9. The zero-order valence-electron chi connectivity index (χ0n) is 5.18. The molecule has 0 fully saturated rings. The van der Waals surface area contributed by atoms with Crippen LogP contribution in [0.25, 0.3) is 0 Å². The number of hydrogen-bond donors (Lipinski definition) is 1. The van der Waals surface area contributed by atoms with Crippen LogP contribution in [0, 0.1) is 0 Å². The quantitative estimate of drug-likeness (QED) is 0.820. The van der Waals surface area contributed by atoms with Gasteiger partial charge in [0.25, 0.3) is 0 Å². The van der Waals surface area contributed by atoms with Crippen LogP contribution in [0.15, 0.2) is 15.9 Å². The van der Waals surface area contributed by atoms with Crippen LogP contribution in [0.4, 0.5) is 4.39 Å². The summed E-state index contributed by atoms with van der Waals surface area (Å²) in [6, 6.07) is 3.26. The summed E-state index contributed by atoms with van der Waals surface area (Å²) in [4.78, 5) is 0.884. The Bertz CT molecular complexity index is 213. The Hall–Kier alpha value is 0.0700. The lowest BCUT2D eigenvalue weighted by Gasteiger charge is -2.00. The molecule has 0 aliphatic rings. The van der Waals surface area contributed by atoms with Crippen LogP contribution in [0.5, 0.6) is 0 Å². The Morgan fingerprint density at radius 2 is 2.40 bits per heavy atom. The summed E-state index contributed by atoms with van der Waals surface area (Å²) >= 11 is 4.74. The average Bonchev–Trinajstić information content (AvgIpc) is 2.34. The van der Waals surface area contributed by atoms with E-state index in [1.807, 2.05) is 12.1 Å². The molecule has 1 aromatic rings. The predicted octanol–water partition coefficient (Wildman–Crippen LogP) is 2.48. The number of halogens is 2. The minimum Gasteiger partial charge on any atom is -0.321 e. The lowest BCUT2D eigenvalue weighted by Crippen LogP contribution is -2.09. The van der Waals surface area contributed by atoms with Crippen LogP contribution in [0.2, 0.25) is 0 Å². The maximum Gasteiger partial charge on any atom is 0.109 e. The van der Waals surface area contributed by atoms with Gasteiger partial charge >= 0.3 is 0 Å². The molecule has 0 amide bonds. The maximum absolute atomic E-state index is 11.9. The first-order chi connectivity index (χ1) is 4.74. The van der Waals surface area contributed by atoms with Gasteiger partial charge in [0.05, 0.1) is 9.83 Å². The van der Waals surface area contributed by atoms with Crippen molar-refractivity contribution < 1.29 is 4.39 Å². The van der Waals surface area contributed by atoms with Gasteiger partial charge in [-0.2, -0.15) is 0 Å². The molecular weight excluding hydrogens is 217 g/mol. The molecule has 0 unspecified atom stereocenters. The third kappa shape index (κ3) is 1.78. The van der Waals surface area contributed by atoms with Crippen molar-refractivity contribution in [2.24, 2.45) is 5.73 Å². The molecule has 1 atom stereocenters. The smallest absolute Gasteiger partial charge is 0.109 e. The van der Waals surface area contributed by atoms with Crippen molar-refractivity contribution in [1.82, 2.24) is 0 Å². The SMILES string of the molecule is N[C@@H](CF)c1ccc(Br)s1. The Kier molecular flexibility index (Phi) is 2.82. The third-order valence-corrected chi connectivity index (χ3v) is 2.88. The zero-order chi connectivity index (χ0) is 7.56. The van der Waals surface area contributed by atoms with Crippen molar-refractivity contribution in [3.8, 4) is 0 Å². The van der Waals surface area contributed by atoms with Crippen molar-refractivity contribution in [2.45, 2.75) is 6.04 Å². The van der Waals surface area contributed by atoms with E-state index in [4.69, 9.17) is 5.73 Å². The number of nitrogens with two attached hydrogens (primary N) is 1. The van der Waals surface area contributed by atoms with Crippen LogP contribution in [0.1, 0.15) is 10.9 Å². The molecule has 0 bridgehead atoms. The molecule has 4 heteroatoms. The number of thiophene rings is 1. The fraction of sp³-hybridized carbons (Fsp3) is 0.333. The van der Waals surface area contributed by atoms with Gasteiger partial charge in [0.15, 0.2) is 0 Å². The van der Waals surface area contributed by atoms with Crippen molar-refractivity contribution in [1.29, 1.82) is 0 Å². The van der Waals surface area contributed by atoms with Crippen molar-refractivity contribution in [2.75, 3.05) is 6.67 Å². The van der Waals surface area contributed by atoms with Gasteiger partial charge in [0.2, 0.25) is 0 Å². The first kappa shape index (κ1) is 8.17. The highest BCUT2D eigenvalue weighted by Gasteiger charge is 2.06. The summed E-state index contributed by atoms with van der Waals surface area (Å²) in [5, 5.41) is 0. The van der Waals surface area contributed by atoms with Gasteiger partial charge in [-0.1, -0.05) is 0 Å². The van der Waals surface area contributed by atoms with Gasteiger partial charge in [-0.3, -0.25) is 0 Å². The summed E-state index contributed by atoms with van der Waals surface area (Å²) < 4.78 is 12.9. The van der Waals surface area contributed by atoms with E-state index in [9.17, 15) is 4.39 Å². The summed E-state index contributed by atoms with van der Waals surface area (Å²) in [6.07, 6.45) is 0. The Morgan fingerprint density at radius 3 is 2.80 bits per heavy atom. The second-order valence-corrected chi connectivity index (χ2v) is 4.40. The summed E-state index contributed by atoms with van der Waals surface area (Å²) in [5.41, 5.74) is 5.42. The van der Waals surface area contributed by atoms with E-state index in [2.05, 4.69) is 15.9 Å². The Labute approximate surface area is 71.2 Å². The lowest BCUT2D eigenvalue weighted by atomic mass is 10.3. The molecule has 1 nitrogen and oxygen atoms in total. The summed E-state index contributed by atoms with van der Waals surface area (Å²) in [5.74, 6) is 0. The molecule has 1 rings (SSSR count). The normalized spacial score (nSPS) is 13.5. The lowest BCUT2D eigenvalue weighted by molar-refractivity contribution is 0.440. The second-order valence-electron chi connectivity index (χ2n) is 1.90. The zero-order valence-corrected chi connectivity index (χ0v) is 7.58. The van der Waals surface area contributed by atoms with Gasteiger partial charge in [0, 0.05) is 4.88 Å². The largest absolute Gasteiger partial charge is 0.321 e. The molecule has 0 aliphatic heterocycles. The molecule has 0 aliphatic carbocycles. The van der Waals surface area contributed by atoms with Crippen LogP contribution in [-0.2, 0) is 0 Å². The van der Waals surface area contributed by atoms with E-state index in [1.54, 1.807) is 0 Å². The highest BCUT2D eigenvalue weighted by molar-refractivity contribution is 9.11. The monoisotopic (exact) mass is 223 g/mol. The molecule has 0 saturated carbocycles. The van der Waals surface area contributed by atoms with Gasteiger partial charge in [-0.25, -0.2) is 4.39 Å². The number of alkyl halides is 1. The topological polar surface area (TPSA) is 26.0 Å². The molecule has 10 heavy (non-hydrogen) atoms. The average molecular weight is 224 g/mol. The molecule has 0 spiro atoms. The van der Waals surface area contributed by atoms with E-state index >= 15 is 0 Å². The van der Waals surface area contributed by atoms with Crippen LogP contribution < -0.4 is 5.73 Å². The molecule has 1 aromatic heterocycles. The molecule has 56 valence electrons. The maximum atomic E-state index is 11.9. The van der Waals surface area contributed by atoms with E-state index in [0.29, 0.717) is 0 Å². The molecule has 0 saturated heterocycles. The summed E-state index contributed by atoms with van der Waals surface area (Å²) in [6.45, 7) is -0.493. The Balaban J connectivity index is 2.74. The molecule has 1 heterocycles. The predicted molar refractivity (Wildman–Crippen MR) is 44.9 cm³/mol. The fourth-order valence-electron chi connectivity index (χ4n) is 0.604. The number of rotatable bonds is 2. The van der Waals surface area contributed by atoms with E-state index < -0.39 is 12.7 Å². The first-order valence-electron chi connectivity index (χ1n) is 2.81. The van der Waals surface area contributed by atoms with Crippen molar-refractivity contribution >= 4 is 27.3 Å². The van der Waals surface area contributed by atoms with Crippen LogP contribution in [0.3, 0.4) is 0 Å². The van der Waals surface area contributed by atoms with E-state index in [-0.39, 0.29) is 0 Å². The standard InChI is InChI=1S/C6H7BrFNS/c7-6-2-1-5(10-6)4(9)3-8/h1-2,4H,3,9H2/t4-/m0/s1. The molecular formula is C6H7BrFNS. The second kappa shape index (κ2) is 3.46. The molecule has 0 radical (unpaired) electrons. The first-order valence-corrected chi connectivity index (χ1v) is 4.41. The van der Waals surface area contributed by atoms with Crippen molar-refractivity contribution in [3.05, 3.63) is 20.8 Å². The van der Waals surface area contributed by atoms with Gasteiger partial charge in [-0.05, 0) is 28.1 Å². The van der Waals surface area contributed by atoms with Crippen LogP contribution in [-0.4, -0.2) is 6.67 Å².